The number of aliphatic hydroxyl groups excluding tert-OH is 4. The number of ether oxygens (including phenoxy) is 2. The van der Waals surface area contributed by atoms with Crippen molar-refractivity contribution in [1.29, 1.82) is 0 Å². The zero-order chi connectivity index (χ0) is 31.4. The molecule has 0 aliphatic carbocycles. The molecule has 4 rings (SSSR count). The van der Waals surface area contributed by atoms with Gasteiger partial charge in [-0.2, -0.15) is 11.8 Å². The Morgan fingerprint density at radius 3 is 1.93 bits per heavy atom. The average Bonchev–Trinajstić information content (AvgIpc) is 3.07. The van der Waals surface area contributed by atoms with Crippen LogP contribution < -0.4 is 11.1 Å². The Hall–Kier alpha value is -2.45. The van der Waals surface area contributed by atoms with Gasteiger partial charge in [-0.3, -0.25) is 4.79 Å². The Morgan fingerprint density at radius 1 is 0.864 bits per heavy atom. The van der Waals surface area contributed by atoms with Crippen LogP contribution >= 0.6 is 23.5 Å². The standard InChI is InChI=1S/C33H42N2O7S2/c34-26(31(40)35-17-20-43-19-10-18-41-32-30(39)29(38)28(37)27(21-36)42-32)22-44-33(23-11-4-1-5-12-23,24-13-6-2-7-14-24)25-15-8-3-9-16-25/h1-9,11-16,26-30,32,36-39H,10,17-22,34H2,(H,35,40)/t26-,27+,28+,29-,30-,32-/m0/s1. The third-order valence-corrected chi connectivity index (χ3v) is 10.2. The maximum atomic E-state index is 12.9. The van der Waals surface area contributed by atoms with Crippen molar-refractivity contribution >= 4 is 29.4 Å². The molecule has 3 aromatic rings. The molecule has 11 heteroatoms. The summed E-state index contributed by atoms with van der Waals surface area (Å²) >= 11 is 3.29. The number of hydrogen-bond acceptors (Lipinski definition) is 10. The van der Waals surface area contributed by atoms with Gasteiger partial charge in [0.05, 0.1) is 24.0 Å². The zero-order valence-corrected chi connectivity index (χ0v) is 26.1. The lowest BCUT2D eigenvalue weighted by molar-refractivity contribution is -0.300. The molecule has 238 valence electrons. The third-order valence-electron chi connectivity index (χ3n) is 7.47. The van der Waals surface area contributed by atoms with E-state index in [-0.39, 0.29) is 12.5 Å². The van der Waals surface area contributed by atoms with Gasteiger partial charge in [-0.15, -0.1) is 11.8 Å². The highest BCUT2D eigenvalue weighted by Gasteiger charge is 2.44. The first-order chi connectivity index (χ1) is 21.4. The summed E-state index contributed by atoms with van der Waals surface area (Å²) in [6.45, 7) is 0.232. The highest BCUT2D eigenvalue weighted by atomic mass is 32.2. The number of nitrogens with two attached hydrogens (primary N) is 1. The van der Waals surface area contributed by atoms with Crippen molar-refractivity contribution in [3.63, 3.8) is 0 Å². The molecule has 0 unspecified atom stereocenters. The van der Waals surface area contributed by atoms with Gasteiger partial charge in [0.1, 0.15) is 24.4 Å². The topological polar surface area (TPSA) is 154 Å². The van der Waals surface area contributed by atoms with Gasteiger partial charge in [0.15, 0.2) is 6.29 Å². The van der Waals surface area contributed by atoms with Crippen LogP contribution in [-0.4, -0.2) is 100 Å². The lowest BCUT2D eigenvalue weighted by Gasteiger charge is -2.39. The summed E-state index contributed by atoms with van der Waals surface area (Å²) in [4.78, 5) is 12.9. The minimum absolute atomic E-state index is 0.202. The van der Waals surface area contributed by atoms with Crippen molar-refractivity contribution in [2.45, 2.75) is 47.9 Å². The lowest BCUT2D eigenvalue weighted by atomic mass is 9.84. The molecule has 7 N–H and O–H groups in total. The van der Waals surface area contributed by atoms with Crippen LogP contribution in [0.25, 0.3) is 0 Å². The molecule has 1 aliphatic heterocycles. The SMILES string of the molecule is N[C@@H](CSC(c1ccccc1)(c1ccccc1)c1ccccc1)C(=O)NCCSCCCO[C@H]1O[C@H](CO)[C@@H](O)[C@H](O)[C@@H]1O. The van der Waals surface area contributed by atoms with Crippen molar-refractivity contribution < 1.29 is 34.7 Å². The van der Waals surface area contributed by atoms with E-state index in [9.17, 15) is 25.2 Å². The fourth-order valence-corrected chi connectivity index (χ4v) is 7.37. The molecule has 0 saturated carbocycles. The minimum atomic E-state index is -1.46. The van der Waals surface area contributed by atoms with E-state index in [1.807, 2.05) is 54.6 Å². The molecule has 1 fully saturated rings. The summed E-state index contributed by atoms with van der Waals surface area (Å²) in [7, 11) is 0. The molecule has 0 spiro atoms. The van der Waals surface area contributed by atoms with Gasteiger partial charge in [-0.25, -0.2) is 0 Å². The van der Waals surface area contributed by atoms with Crippen LogP contribution in [0.4, 0.5) is 0 Å². The molecular weight excluding hydrogens is 601 g/mol. The molecule has 0 aromatic heterocycles. The number of carbonyl (C=O) groups excluding carboxylic acids is 1. The van der Waals surface area contributed by atoms with Crippen LogP contribution in [-0.2, 0) is 19.0 Å². The van der Waals surface area contributed by atoms with Crippen molar-refractivity contribution in [2.75, 3.05) is 37.0 Å². The van der Waals surface area contributed by atoms with Gasteiger partial charge < -0.3 is 41.0 Å². The summed E-state index contributed by atoms with van der Waals surface area (Å²) in [5.74, 6) is 1.64. The van der Waals surface area contributed by atoms with E-state index in [2.05, 4.69) is 41.7 Å². The van der Waals surface area contributed by atoms with E-state index < -0.39 is 48.1 Å². The highest BCUT2D eigenvalue weighted by Crippen LogP contribution is 2.48. The molecular formula is C33H42N2O7S2. The third kappa shape index (κ3) is 8.63. The highest BCUT2D eigenvalue weighted by molar-refractivity contribution is 8.00. The van der Waals surface area contributed by atoms with E-state index in [0.717, 1.165) is 22.4 Å². The molecule has 44 heavy (non-hydrogen) atoms. The van der Waals surface area contributed by atoms with Crippen LogP contribution in [0.5, 0.6) is 0 Å². The quantitative estimate of drug-likeness (QED) is 0.101. The van der Waals surface area contributed by atoms with Gasteiger partial charge in [0.25, 0.3) is 0 Å². The first-order valence-corrected chi connectivity index (χ1v) is 16.9. The average molecular weight is 643 g/mol. The molecule has 1 amide bonds. The summed E-state index contributed by atoms with van der Waals surface area (Å²) in [5.41, 5.74) is 9.76. The van der Waals surface area contributed by atoms with Crippen molar-refractivity contribution in [3.8, 4) is 0 Å². The number of nitrogens with one attached hydrogen (secondary N) is 1. The van der Waals surface area contributed by atoms with Gasteiger partial charge in [-0.05, 0) is 28.9 Å². The van der Waals surface area contributed by atoms with Crippen LogP contribution in [0.1, 0.15) is 23.1 Å². The number of thioether (sulfide) groups is 2. The molecule has 6 atom stereocenters. The van der Waals surface area contributed by atoms with E-state index in [1.54, 1.807) is 23.5 Å². The molecule has 0 radical (unpaired) electrons. The van der Waals surface area contributed by atoms with Crippen LogP contribution in [0.2, 0.25) is 0 Å². The maximum absolute atomic E-state index is 12.9. The Bertz CT molecular complexity index is 1160. The molecule has 1 saturated heterocycles. The molecule has 0 bridgehead atoms. The summed E-state index contributed by atoms with van der Waals surface area (Å²) in [6.07, 6.45) is -5.75. The van der Waals surface area contributed by atoms with E-state index in [1.165, 1.54) is 0 Å². The molecule has 1 heterocycles. The van der Waals surface area contributed by atoms with Crippen molar-refractivity contribution in [2.24, 2.45) is 5.73 Å². The predicted molar refractivity (Wildman–Crippen MR) is 174 cm³/mol. The number of aliphatic hydroxyl groups is 4. The van der Waals surface area contributed by atoms with E-state index in [0.29, 0.717) is 24.5 Å². The van der Waals surface area contributed by atoms with Crippen LogP contribution in [0, 0.1) is 0 Å². The van der Waals surface area contributed by atoms with Gasteiger partial charge >= 0.3 is 0 Å². The Labute approximate surface area is 267 Å². The lowest BCUT2D eigenvalue weighted by Crippen LogP contribution is -2.59. The second kappa shape index (κ2) is 17.3. The first kappa shape index (κ1) is 34.4. The van der Waals surface area contributed by atoms with E-state index in [4.69, 9.17) is 15.2 Å². The summed E-state index contributed by atoms with van der Waals surface area (Å²) in [6, 6.07) is 30.2. The smallest absolute Gasteiger partial charge is 0.237 e. The zero-order valence-electron chi connectivity index (χ0n) is 24.5. The summed E-state index contributed by atoms with van der Waals surface area (Å²) in [5, 5.41) is 42.0. The molecule has 1 aliphatic rings. The largest absolute Gasteiger partial charge is 0.394 e. The fourth-order valence-electron chi connectivity index (χ4n) is 5.10. The second-order valence-electron chi connectivity index (χ2n) is 10.5. The van der Waals surface area contributed by atoms with Gasteiger partial charge in [-0.1, -0.05) is 91.0 Å². The molecule has 9 nitrogen and oxygen atoms in total. The van der Waals surface area contributed by atoms with Gasteiger partial charge in [0, 0.05) is 18.1 Å². The normalized spacial score (nSPS) is 22.8. The van der Waals surface area contributed by atoms with E-state index >= 15 is 0 Å². The van der Waals surface area contributed by atoms with Crippen molar-refractivity contribution in [3.05, 3.63) is 108 Å². The van der Waals surface area contributed by atoms with Crippen LogP contribution in [0.15, 0.2) is 91.0 Å². The first-order valence-electron chi connectivity index (χ1n) is 14.7. The number of carbonyl (C=O) groups is 1. The Balaban J connectivity index is 1.24. The Kier molecular flexibility index (Phi) is 13.5. The Morgan fingerprint density at radius 2 is 1.41 bits per heavy atom. The minimum Gasteiger partial charge on any atom is -0.394 e. The van der Waals surface area contributed by atoms with Gasteiger partial charge in [0.2, 0.25) is 5.91 Å². The van der Waals surface area contributed by atoms with Crippen molar-refractivity contribution in [1.82, 2.24) is 5.32 Å². The maximum Gasteiger partial charge on any atom is 0.237 e. The number of amides is 1. The predicted octanol–water partition coefficient (Wildman–Crippen LogP) is 2.09. The monoisotopic (exact) mass is 642 g/mol. The summed E-state index contributed by atoms with van der Waals surface area (Å²) < 4.78 is 10.3. The molecule has 3 aromatic carbocycles. The van der Waals surface area contributed by atoms with Crippen LogP contribution in [0.3, 0.4) is 0 Å². The number of benzene rings is 3. The number of hydrogen-bond donors (Lipinski definition) is 6. The second-order valence-corrected chi connectivity index (χ2v) is 13.0. The number of rotatable bonds is 16. The fraction of sp³-hybridized carbons (Fsp3) is 0.424.